The third kappa shape index (κ3) is 3.56. The van der Waals surface area contributed by atoms with Crippen LogP contribution in [0.1, 0.15) is 19.4 Å². The molecule has 1 saturated heterocycles. The molecule has 1 fully saturated rings. The Labute approximate surface area is 118 Å². The van der Waals surface area contributed by atoms with E-state index in [9.17, 15) is 13.2 Å². The Morgan fingerprint density at radius 2 is 1.90 bits per heavy atom. The number of carbonyl (C=O) groups is 1. The van der Waals surface area contributed by atoms with E-state index in [1.54, 1.807) is 26.0 Å². The van der Waals surface area contributed by atoms with Gasteiger partial charge in [0.25, 0.3) is 0 Å². The number of esters is 1. The van der Waals surface area contributed by atoms with Crippen LogP contribution in [0.25, 0.3) is 0 Å². The van der Waals surface area contributed by atoms with E-state index in [1.807, 2.05) is 18.2 Å². The SMILES string of the molecule is CC(C)[C@@H]1OS(=O)(=O)O[C@H]1C(=O)OCc1ccccc1. The van der Waals surface area contributed by atoms with Crippen molar-refractivity contribution in [3.05, 3.63) is 35.9 Å². The van der Waals surface area contributed by atoms with Crippen molar-refractivity contribution in [2.24, 2.45) is 5.92 Å². The zero-order chi connectivity index (χ0) is 14.8. The summed E-state index contributed by atoms with van der Waals surface area (Å²) < 4.78 is 37.0. The van der Waals surface area contributed by atoms with E-state index < -0.39 is 28.6 Å². The smallest absolute Gasteiger partial charge is 0.401 e. The average molecular weight is 300 g/mol. The third-order valence-electron chi connectivity index (χ3n) is 2.86. The normalized spacial score (nSPS) is 24.8. The maximum atomic E-state index is 11.9. The lowest BCUT2D eigenvalue weighted by Crippen LogP contribution is -2.36. The molecule has 6 nitrogen and oxygen atoms in total. The maximum Gasteiger partial charge on any atom is 0.401 e. The van der Waals surface area contributed by atoms with Crippen molar-refractivity contribution in [1.82, 2.24) is 0 Å². The Morgan fingerprint density at radius 3 is 2.50 bits per heavy atom. The number of ether oxygens (including phenoxy) is 1. The Kier molecular flexibility index (Phi) is 4.42. The number of benzene rings is 1. The first-order valence-corrected chi connectivity index (χ1v) is 7.54. The minimum Gasteiger partial charge on any atom is -0.459 e. The van der Waals surface area contributed by atoms with Gasteiger partial charge < -0.3 is 4.74 Å². The molecule has 1 heterocycles. The highest BCUT2D eigenvalue weighted by atomic mass is 32.3. The van der Waals surface area contributed by atoms with Gasteiger partial charge in [-0.3, -0.25) is 0 Å². The second-order valence-corrected chi connectivity index (χ2v) is 6.02. The fraction of sp³-hybridized carbons (Fsp3) is 0.462. The van der Waals surface area contributed by atoms with Gasteiger partial charge in [0.15, 0.2) is 0 Å². The van der Waals surface area contributed by atoms with E-state index in [-0.39, 0.29) is 12.5 Å². The molecule has 0 N–H and O–H groups in total. The van der Waals surface area contributed by atoms with Crippen LogP contribution >= 0.6 is 0 Å². The highest BCUT2D eigenvalue weighted by molar-refractivity contribution is 7.82. The van der Waals surface area contributed by atoms with Gasteiger partial charge in [-0.1, -0.05) is 44.2 Å². The molecule has 0 amide bonds. The molecule has 1 aromatic rings. The molecule has 0 bridgehead atoms. The zero-order valence-corrected chi connectivity index (χ0v) is 12.0. The predicted molar refractivity (Wildman–Crippen MR) is 69.7 cm³/mol. The quantitative estimate of drug-likeness (QED) is 0.782. The molecule has 0 spiro atoms. The van der Waals surface area contributed by atoms with Crippen LogP contribution < -0.4 is 0 Å². The zero-order valence-electron chi connectivity index (χ0n) is 11.2. The average Bonchev–Trinajstić information content (AvgIpc) is 2.74. The second kappa shape index (κ2) is 5.90. The molecule has 20 heavy (non-hydrogen) atoms. The Balaban J connectivity index is 2.01. The van der Waals surface area contributed by atoms with Crippen molar-refractivity contribution in [2.75, 3.05) is 0 Å². The molecule has 2 atom stereocenters. The number of rotatable bonds is 4. The van der Waals surface area contributed by atoms with E-state index in [0.29, 0.717) is 0 Å². The largest absolute Gasteiger partial charge is 0.459 e. The van der Waals surface area contributed by atoms with Crippen LogP contribution in [0.15, 0.2) is 30.3 Å². The molecular formula is C13H16O6S. The van der Waals surface area contributed by atoms with Crippen molar-refractivity contribution in [3.8, 4) is 0 Å². The minimum atomic E-state index is -4.12. The van der Waals surface area contributed by atoms with Gasteiger partial charge in [0.2, 0.25) is 6.10 Å². The minimum absolute atomic E-state index is 0.0599. The van der Waals surface area contributed by atoms with Crippen LogP contribution in [0.3, 0.4) is 0 Å². The molecule has 1 aliphatic rings. The van der Waals surface area contributed by atoms with Crippen molar-refractivity contribution in [3.63, 3.8) is 0 Å². The van der Waals surface area contributed by atoms with Crippen molar-refractivity contribution < 1.29 is 26.3 Å². The monoisotopic (exact) mass is 300 g/mol. The molecular weight excluding hydrogens is 284 g/mol. The summed E-state index contributed by atoms with van der Waals surface area (Å²) in [4.78, 5) is 11.9. The van der Waals surface area contributed by atoms with Gasteiger partial charge in [0.1, 0.15) is 12.7 Å². The van der Waals surface area contributed by atoms with Crippen LogP contribution in [-0.2, 0) is 34.9 Å². The van der Waals surface area contributed by atoms with Crippen molar-refractivity contribution in [1.29, 1.82) is 0 Å². The van der Waals surface area contributed by atoms with Gasteiger partial charge in [-0.15, -0.1) is 0 Å². The van der Waals surface area contributed by atoms with Crippen LogP contribution in [0, 0.1) is 5.92 Å². The van der Waals surface area contributed by atoms with Gasteiger partial charge in [0, 0.05) is 0 Å². The van der Waals surface area contributed by atoms with E-state index in [0.717, 1.165) is 5.56 Å². The fourth-order valence-corrected chi connectivity index (χ4v) is 2.92. The first kappa shape index (κ1) is 15.0. The summed E-state index contributed by atoms with van der Waals surface area (Å²) in [7, 11) is -4.12. The number of hydrogen-bond acceptors (Lipinski definition) is 6. The Morgan fingerprint density at radius 1 is 1.25 bits per heavy atom. The number of carbonyl (C=O) groups excluding carboxylic acids is 1. The number of hydrogen-bond donors (Lipinski definition) is 0. The Bertz CT molecular complexity index is 566. The summed E-state index contributed by atoms with van der Waals surface area (Å²) in [5.41, 5.74) is 0.809. The highest BCUT2D eigenvalue weighted by Gasteiger charge is 2.47. The summed E-state index contributed by atoms with van der Waals surface area (Å²) >= 11 is 0. The Hall–Kier alpha value is -1.44. The molecule has 1 aliphatic heterocycles. The van der Waals surface area contributed by atoms with Gasteiger partial charge in [0.05, 0.1) is 0 Å². The van der Waals surface area contributed by atoms with Gasteiger partial charge in [-0.25, -0.2) is 13.2 Å². The van der Waals surface area contributed by atoms with Crippen LogP contribution in [0.4, 0.5) is 0 Å². The van der Waals surface area contributed by atoms with Crippen LogP contribution in [0.2, 0.25) is 0 Å². The lowest BCUT2D eigenvalue weighted by atomic mass is 10.0. The summed E-state index contributed by atoms with van der Waals surface area (Å²) in [5.74, 6) is -0.935. The lowest BCUT2D eigenvalue weighted by Gasteiger charge is -2.16. The first-order valence-electron chi connectivity index (χ1n) is 6.21. The lowest BCUT2D eigenvalue weighted by molar-refractivity contribution is -0.155. The first-order chi connectivity index (χ1) is 9.39. The highest BCUT2D eigenvalue weighted by Crippen LogP contribution is 2.27. The molecule has 1 aromatic carbocycles. The molecule has 2 rings (SSSR count). The van der Waals surface area contributed by atoms with Gasteiger partial charge in [-0.2, -0.15) is 8.42 Å². The molecule has 7 heteroatoms. The molecule has 110 valence electrons. The van der Waals surface area contributed by atoms with E-state index >= 15 is 0 Å². The summed E-state index contributed by atoms with van der Waals surface area (Å²) in [6.07, 6.45) is -2.10. The summed E-state index contributed by atoms with van der Waals surface area (Å²) in [6.45, 7) is 3.54. The van der Waals surface area contributed by atoms with Crippen LogP contribution in [0.5, 0.6) is 0 Å². The van der Waals surface area contributed by atoms with E-state index in [4.69, 9.17) is 8.92 Å². The predicted octanol–water partition coefficient (Wildman–Crippen LogP) is 1.41. The summed E-state index contributed by atoms with van der Waals surface area (Å²) in [6, 6.07) is 9.09. The van der Waals surface area contributed by atoms with Crippen molar-refractivity contribution >= 4 is 16.4 Å². The topological polar surface area (TPSA) is 78.9 Å². The second-order valence-electron chi connectivity index (χ2n) is 4.82. The third-order valence-corrected chi connectivity index (χ3v) is 3.76. The van der Waals surface area contributed by atoms with Gasteiger partial charge in [-0.05, 0) is 11.5 Å². The molecule has 0 aromatic heterocycles. The fourth-order valence-electron chi connectivity index (χ4n) is 1.84. The van der Waals surface area contributed by atoms with Crippen molar-refractivity contribution in [2.45, 2.75) is 32.7 Å². The van der Waals surface area contributed by atoms with E-state index in [2.05, 4.69) is 4.18 Å². The van der Waals surface area contributed by atoms with Crippen LogP contribution in [-0.4, -0.2) is 26.6 Å². The van der Waals surface area contributed by atoms with E-state index in [1.165, 1.54) is 0 Å². The van der Waals surface area contributed by atoms with Gasteiger partial charge >= 0.3 is 16.4 Å². The molecule has 0 saturated carbocycles. The maximum absolute atomic E-state index is 11.9. The molecule has 0 aliphatic carbocycles. The molecule has 0 radical (unpaired) electrons. The standard InChI is InChI=1S/C13H16O6S/c1-9(2)11-12(19-20(15,16)18-11)13(14)17-8-10-6-4-3-5-7-10/h3-7,9,11-12H,8H2,1-2H3/t11-,12+/m0/s1. The molecule has 0 unspecified atom stereocenters. The summed E-state index contributed by atoms with van der Waals surface area (Å²) in [5, 5.41) is 0.